The Bertz CT molecular complexity index is 647. The Balaban J connectivity index is 2.31. The molecule has 0 aliphatic rings. The molecule has 0 saturated carbocycles. The number of hydrogen-bond donors (Lipinski definition) is 0. The minimum Gasteiger partial charge on any atom is -0.253 e. The van der Waals surface area contributed by atoms with Crippen molar-refractivity contribution in [1.82, 2.24) is 19.3 Å². The summed E-state index contributed by atoms with van der Waals surface area (Å²) < 4.78 is 3.95. The zero-order valence-corrected chi connectivity index (χ0v) is 9.53. The van der Waals surface area contributed by atoms with Gasteiger partial charge in [-0.15, -0.1) is 0 Å². The number of aromatic nitrogens is 4. The molecule has 0 spiro atoms. The number of fused-ring (bicyclic) bond motifs is 1. The molecular formula is C10H5ClN4S. The first kappa shape index (κ1) is 9.62. The second kappa shape index (κ2) is 3.77. The Morgan fingerprint density at radius 1 is 1.12 bits per heavy atom. The van der Waals surface area contributed by atoms with Crippen molar-refractivity contribution in [3.8, 4) is 10.6 Å². The predicted octanol–water partition coefficient (Wildman–Crippen LogP) is 2.80. The van der Waals surface area contributed by atoms with Crippen LogP contribution in [0.15, 0.2) is 30.6 Å². The van der Waals surface area contributed by atoms with Crippen LogP contribution < -0.4 is 0 Å². The molecule has 2 aromatic heterocycles. The Labute approximate surface area is 100 Å². The molecule has 0 N–H and O–H groups in total. The van der Waals surface area contributed by atoms with E-state index in [9.17, 15) is 0 Å². The summed E-state index contributed by atoms with van der Waals surface area (Å²) in [6.45, 7) is 0. The van der Waals surface area contributed by atoms with Crippen LogP contribution in [0.2, 0.25) is 5.28 Å². The van der Waals surface area contributed by atoms with Crippen molar-refractivity contribution in [1.29, 1.82) is 0 Å². The fraction of sp³-hybridized carbons (Fsp3) is 0. The lowest BCUT2D eigenvalue weighted by atomic mass is 10.2. The fourth-order valence-corrected chi connectivity index (χ4v) is 2.31. The summed E-state index contributed by atoms with van der Waals surface area (Å²) in [7, 11) is 0. The van der Waals surface area contributed by atoms with E-state index in [4.69, 9.17) is 11.6 Å². The minimum absolute atomic E-state index is 0.265. The Kier molecular flexibility index (Phi) is 2.27. The summed E-state index contributed by atoms with van der Waals surface area (Å²) in [6, 6.07) is 5.77. The SMILES string of the molecule is Clc1nsc(-c2cccc3nccnc23)n1. The highest BCUT2D eigenvalue weighted by Crippen LogP contribution is 2.28. The lowest BCUT2D eigenvalue weighted by Crippen LogP contribution is -1.85. The number of halogens is 1. The van der Waals surface area contributed by atoms with Gasteiger partial charge in [0.25, 0.3) is 0 Å². The third kappa shape index (κ3) is 1.54. The second-order valence-electron chi connectivity index (χ2n) is 3.10. The van der Waals surface area contributed by atoms with E-state index < -0.39 is 0 Å². The van der Waals surface area contributed by atoms with Crippen LogP contribution in [0.4, 0.5) is 0 Å². The fourth-order valence-electron chi connectivity index (χ4n) is 1.48. The second-order valence-corrected chi connectivity index (χ2v) is 4.19. The van der Waals surface area contributed by atoms with Crippen molar-refractivity contribution < 1.29 is 0 Å². The molecule has 0 atom stereocenters. The van der Waals surface area contributed by atoms with E-state index in [0.717, 1.165) is 21.6 Å². The van der Waals surface area contributed by atoms with Crippen LogP contribution in [0.25, 0.3) is 21.6 Å². The molecule has 16 heavy (non-hydrogen) atoms. The van der Waals surface area contributed by atoms with Gasteiger partial charge in [-0.2, -0.15) is 4.37 Å². The van der Waals surface area contributed by atoms with Gasteiger partial charge in [-0.3, -0.25) is 9.97 Å². The summed E-state index contributed by atoms with van der Waals surface area (Å²) in [5.41, 5.74) is 2.57. The van der Waals surface area contributed by atoms with Crippen LogP contribution in [0, 0.1) is 0 Å². The molecule has 6 heteroatoms. The van der Waals surface area contributed by atoms with Gasteiger partial charge in [-0.1, -0.05) is 6.07 Å². The van der Waals surface area contributed by atoms with Crippen LogP contribution in [-0.4, -0.2) is 19.3 Å². The van der Waals surface area contributed by atoms with E-state index >= 15 is 0 Å². The van der Waals surface area contributed by atoms with Gasteiger partial charge in [0.1, 0.15) is 5.01 Å². The number of para-hydroxylation sites is 1. The molecule has 2 heterocycles. The number of benzene rings is 1. The Morgan fingerprint density at radius 3 is 2.81 bits per heavy atom. The van der Waals surface area contributed by atoms with Crippen LogP contribution >= 0.6 is 23.1 Å². The molecule has 0 aliphatic heterocycles. The molecule has 78 valence electrons. The van der Waals surface area contributed by atoms with Crippen molar-refractivity contribution in [3.63, 3.8) is 0 Å². The number of rotatable bonds is 1. The van der Waals surface area contributed by atoms with Crippen LogP contribution in [-0.2, 0) is 0 Å². The van der Waals surface area contributed by atoms with E-state index in [1.165, 1.54) is 11.5 Å². The monoisotopic (exact) mass is 248 g/mol. The maximum Gasteiger partial charge on any atom is 0.234 e. The average Bonchev–Trinajstić information content (AvgIpc) is 2.75. The molecule has 0 aliphatic carbocycles. The molecule has 0 amide bonds. The van der Waals surface area contributed by atoms with Crippen LogP contribution in [0.3, 0.4) is 0 Å². The molecule has 1 aromatic carbocycles. The topological polar surface area (TPSA) is 51.6 Å². The largest absolute Gasteiger partial charge is 0.253 e. The van der Waals surface area contributed by atoms with Gasteiger partial charge in [0, 0.05) is 18.0 Å². The molecule has 3 aromatic rings. The van der Waals surface area contributed by atoms with Gasteiger partial charge in [-0.25, -0.2) is 4.98 Å². The van der Waals surface area contributed by atoms with E-state index in [-0.39, 0.29) is 5.28 Å². The van der Waals surface area contributed by atoms with Crippen molar-refractivity contribution in [2.75, 3.05) is 0 Å². The summed E-state index contributed by atoms with van der Waals surface area (Å²) in [5.74, 6) is 0. The normalized spacial score (nSPS) is 10.8. The third-order valence-corrected chi connectivity index (χ3v) is 3.15. The first-order valence-corrected chi connectivity index (χ1v) is 5.69. The van der Waals surface area contributed by atoms with Gasteiger partial charge in [0.05, 0.1) is 11.0 Å². The molecule has 0 fully saturated rings. The van der Waals surface area contributed by atoms with Gasteiger partial charge in [0.2, 0.25) is 5.28 Å². The molecule has 0 bridgehead atoms. The maximum absolute atomic E-state index is 5.71. The van der Waals surface area contributed by atoms with Gasteiger partial charge < -0.3 is 0 Å². The minimum atomic E-state index is 0.265. The van der Waals surface area contributed by atoms with Crippen LogP contribution in [0.5, 0.6) is 0 Å². The van der Waals surface area contributed by atoms with E-state index in [0.29, 0.717) is 0 Å². The average molecular weight is 249 g/mol. The van der Waals surface area contributed by atoms with Gasteiger partial charge in [-0.05, 0) is 35.3 Å². The smallest absolute Gasteiger partial charge is 0.234 e. The Hall–Kier alpha value is -1.59. The first-order chi connectivity index (χ1) is 7.84. The van der Waals surface area contributed by atoms with Crippen molar-refractivity contribution in [3.05, 3.63) is 35.9 Å². The molecule has 4 nitrogen and oxygen atoms in total. The highest BCUT2D eigenvalue weighted by atomic mass is 35.5. The van der Waals surface area contributed by atoms with E-state index in [1.54, 1.807) is 12.4 Å². The van der Waals surface area contributed by atoms with Gasteiger partial charge in [0.15, 0.2) is 0 Å². The summed E-state index contributed by atoms with van der Waals surface area (Å²) in [5, 5.41) is 1.02. The maximum atomic E-state index is 5.71. The zero-order valence-electron chi connectivity index (χ0n) is 7.96. The highest BCUT2D eigenvalue weighted by molar-refractivity contribution is 7.09. The third-order valence-electron chi connectivity index (χ3n) is 2.13. The van der Waals surface area contributed by atoms with Crippen molar-refractivity contribution in [2.45, 2.75) is 0 Å². The Morgan fingerprint density at radius 2 is 2.00 bits per heavy atom. The molecule has 0 radical (unpaired) electrons. The van der Waals surface area contributed by atoms with E-state index in [1.807, 2.05) is 18.2 Å². The molecular weight excluding hydrogens is 244 g/mol. The first-order valence-electron chi connectivity index (χ1n) is 4.54. The summed E-state index contributed by atoms with van der Waals surface area (Å²) in [6.07, 6.45) is 3.33. The van der Waals surface area contributed by atoms with Gasteiger partial charge >= 0.3 is 0 Å². The molecule has 0 unspecified atom stereocenters. The zero-order chi connectivity index (χ0) is 11.0. The van der Waals surface area contributed by atoms with Crippen molar-refractivity contribution >= 4 is 34.2 Å². The summed E-state index contributed by atoms with van der Waals surface area (Å²) in [4.78, 5) is 12.7. The van der Waals surface area contributed by atoms with E-state index in [2.05, 4.69) is 19.3 Å². The highest BCUT2D eigenvalue weighted by Gasteiger charge is 2.09. The number of hydrogen-bond acceptors (Lipinski definition) is 5. The lowest BCUT2D eigenvalue weighted by Gasteiger charge is -2.00. The predicted molar refractivity (Wildman–Crippen MR) is 63.5 cm³/mol. The standard InChI is InChI=1S/C10H5ClN4S/c11-10-14-9(16-15-10)6-2-1-3-7-8(6)13-5-4-12-7/h1-5H. The van der Waals surface area contributed by atoms with Crippen molar-refractivity contribution in [2.24, 2.45) is 0 Å². The molecule has 3 rings (SSSR count). The summed E-state index contributed by atoms with van der Waals surface area (Å²) >= 11 is 6.97. The molecule has 0 saturated heterocycles. The number of nitrogens with zero attached hydrogens (tertiary/aromatic N) is 4. The lowest BCUT2D eigenvalue weighted by molar-refractivity contribution is 1.28. The quantitative estimate of drug-likeness (QED) is 0.665. The van der Waals surface area contributed by atoms with Crippen LogP contribution in [0.1, 0.15) is 0 Å².